The zero-order valence-corrected chi connectivity index (χ0v) is 24.2. The lowest BCUT2D eigenvalue weighted by Crippen LogP contribution is -1.95. The third-order valence-corrected chi connectivity index (χ3v) is 8.53. The van der Waals surface area contributed by atoms with Crippen molar-refractivity contribution in [1.82, 2.24) is 15.0 Å². The summed E-state index contributed by atoms with van der Waals surface area (Å²) in [7, 11) is 0. The van der Waals surface area contributed by atoms with Gasteiger partial charge in [0.05, 0.1) is 0 Å². The van der Waals surface area contributed by atoms with Crippen LogP contribution in [0, 0.1) is 0 Å². The highest BCUT2D eigenvalue weighted by molar-refractivity contribution is 6.14. The molecule has 210 valence electrons. The molecule has 9 rings (SSSR count). The molecule has 45 heavy (non-hydrogen) atoms. The number of aromatic nitrogens is 3. The van der Waals surface area contributed by atoms with Crippen molar-refractivity contribution in [2.24, 2.45) is 0 Å². The highest BCUT2D eigenvalue weighted by Gasteiger charge is 2.20. The number of para-hydroxylation sites is 1. The molecule has 0 fully saturated rings. The molecule has 0 spiro atoms. The lowest BCUT2D eigenvalue weighted by molar-refractivity contribution is 0.667. The number of benzene rings is 6. The maximum atomic E-state index is 6.51. The SMILES string of the molecule is c1ccc(-c2nc(-c3cc(-c4cccnc4)cc(-c4cc5ccccc5c5ccccc45)c3)c3oc4ccccc4c3n2)cc1. The molecule has 9 aromatic rings. The molecule has 0 aliphatic heterocycles. The van der Waals surface area contributed by atoms with Gasteiger partial charge in [0.1, 0.15) is 16.8 Å². The van der Waals surface area contributed by atoms with Crippen LogP contribution >= 0.6 is 0 Å². The van der Waals surface area contributed by atoms with E-state index in [0.717, 1.165) is 55.6 Å². The maximum absolute atomic E-state index is 6.51. The first-order valence-corrected chi connectivity index (χ1v) is 15.0. The molecule has 6 aromatic carbocycles. The van der Waals surface area contributed by atoms with Crippen molar-refractivity contribution < 1.29 is 4.42 Å². The summed E-state index contributed by atoms with van der Waals surface area (Å²) < 4.78 is 6.51. The number of pyridine rings is 1. The van der Waals surface area contributed by atoms with Crippen LogP contribution in [0.2, 0.25) is 0 Å². The summed E-state index contributed by atoms with van der Waals surface area (Å²) in [4.78, 5) is 14.7. The van der Waals surface area contributed by atoms with E-state index in [4.69, 9.17) is 14.4 Å². The van der Waals surface area contributed by atoms with Gasteiger partial charge in [-0.05, 0) is 80.7 Å². The summed E-state index contributed by atoms with van der Waals surface area (Å²) in [6.45, 7) is 0. The van der Waals surface area contributed by atoms with Gasteiger partial charge in [-0.2, -0.15) is 0 Å². The van der Waals surface area contributed by atoms with Gasteiger partial charge < -0.3 is 4.42 Å². The molecule has 0 aliphatic rings. The minimum atomic E-state index is 0.661. The van der Waals surface area contributed by atoms with Crippen LogP contribution in [0.1, 0.15) is 0 Å². The fraction of sp³-hybridized carbons (Fsp3) is 0. The minimum Gasteiger partial charge on any atom is -0.452 e. The summed E-state index contributed by atoms with van der Waals surface area (Å²) in [5, 5.41) is 5.84. The normalized spacial score (nSPS) is 11.6. The molecule has 3 heterocycles. The van der Waals surface area contributed by atoms with E-state index >= 15 is 0 Å². The summed E-state index contributed by atoms with van der Waals surface area (Å²) in [6.07, 6.45) is 3.72. The second-order valence-electron chi connectivity index (χ2n) is 11.3. The van der Waals surface area contributed by atoms with Gasteiger partial charge >= 0.3 is 0 Å². The van der Waals surface area contributed by atoms with Crippen molar-refractivity contribution in [1.29, 1.82) is 0 Å². The molecule has 0 N–H and O–H groups in total. The van der Waals surface area contributed by atoms with Crippen LogP contribution in [-0.4, -0.2) is 15.0 Å². The van der Waals surface area contributed by atoms with Gasteiger partial charge in [-0.1, -0.05) is 97.1 Å². The van der Waals surface area contributed by atoms with Gasteiger partial charge in [-0.25, -0.2) is 9.97 Å². The van der Waals surface area contributed by atoms with Crippen LogP contribution < -0.4 is 0 Å². The Hall–Kier alpha value is -6.13. The van der Waals surface area contributed by atoms with E-state index in [-0.39, 0.29) is 0 Å². The Kier molecular flexibility index (Phi) is 5.78. The molecule has 3 aromatic heterocycles. The minimum absolute atomic E-state index is 0.661. The molecule has 0 saturated carbocycles. The number of hydrogen-bond donors (Lipinski definition) is 0. The topological polar surface area (TPSA) is 51.8 Å². The third-order valence-electron chi connectivity index (χ3n) is 8.53. The summed E-state index contributed by atoms with van der Waals surface area (Å²) >= 11 is 0. The van der Waals surface area contributed by atoms with Crippen molar-refractivity contribution in [2.45, 2.75) is 0 Å². The first-order chi connectivity index (χ1) is 22.3. The quantitative estimate of drug-likeness (QED) is 0.196. The molecule has 0 bridgehead atoms. The molecule has 4 nitrogen and oxygen atoms in total. The predicted octanol–water partition coefficient (Wildman–Crippen LogP) is 10.7. The first kappa shape index (κ1) is 25.4. The molecule has 0 amide bonds. The van der Waals surface area contributed by atoms with E-state index in [1.165, 1.54) is 21.5 Å². The van der Waals surface area contributed by atoms with Gasteiger partial charge in [0.15, 0.2) is 11.4 Å². The molecule has 0 aliphatic carbocycles. The van der Waals surface area contributed by atoms with Gasteiger partial charge in [0.2, 0.25) is 0 Å². The average Bonchev–Trinajstić information content (AvgIpc) is 3.50. The van der Waals surface area contributed by atoms with Crippen LogP contribution in [-0.2, 0) is 0 Å². The first-order valence-electron chi connectivity index (χ1n) is 15.0. The Morgan fingerprint density at radius 2 is 1.16 bits per heavy atom. The second-order valence-corrected chi connectivity index (χ2v) is 11.3. The summed E-state index contributed by atoms with van der Waals surface area (Å²) in [6, 6.07) is 48.5. The van der Waals surface area contributed by atoms with E-state index in [0.29, 0.717) is 11.4 Å². The Balaban J connectivity index is 1.38. The number of furan rings is 1. The van der Waals surface area contributed by atoms with Crippen LogP contribution in [0.25, 0.3) is 88.5 Å². The maximum Gasteiger partial charge on any atom is 0.180 e. The third kappa shape index (κ3) is 4.27. The van der Waals surface area contributed by atoms with Crippen LogP contribution in [0.3, 0.4) is 0 Å². The van der Waals surface area contributed by atoms with Crippen LogP contribution in [0.5, 0.6) is 0 Å². The van der Waals surface area contributed by atoms with E-state index in [9.17, 15) is 0 Å². The summed E-state index contributed by atoms with van der Waals surface area (Å²) in [5.74, 6) is 0.661. The highest BCUT2D eigenvalue weighted by atomic mass is 16.3. The zero-order chi connectivity index (χ0) is 29.7. The fourth-order valence-electron chi connectivity index (χ4n) is 6.42. The predicted molar refractivity (Wildman–Crippen MR) is 184 cm³/mol. The van der Waals surface area contributed by atoms with Crippen LogP contribution in [0.15, 0.2) is 156 Å². The number of nitrogens with zero attached hydrogens (tertiary/aromatic N) is 3. The zero-order valence-electron chi connectivity index (χ0n) is 24.2. The highest BCUT2D eigenvalue weighted by Crippen LogP contribution is 2.41. The van der Waals surface area contributed by atoms with Gasteiger partial charge in [-0.3, -0.25) is 4.98 Å². The molecule has 0 unspecified atom stereocenters. The Bertz CT molecular complexity index is 2540. The second kappa shape index (κ2) is 10.2. The fourth-order valence-corrected chi connectivity index (χ4v) is 6.42. The van der Waals surface area contributed by atoms with Crippen LogP contribution in [0.4, 0.5) is 0 Å². The number of hydrogen-bond acceptors (Lipinski definition) is 4. The Morgan fingerprint density at radius 3 is 2.00 bits per heavy atom. The van der Waals surface area contributed by atoms with E-state index < -0.39 is 0 Å². The van der Waals surface area contributed by atoms with E-state index in [1.807, 2.05) is 60.8 Å². The van der Waals surface area contributed by atoms with Crippen molar-refractivity contribution in [3.8, 4) is 44.9 Å². The monoisotopic (exact) mass is 575 g/mol. The van der Waals surface area contributed by atoms with Gasteiger partial charge in [-0.15, -0.1) is 0 Å². The van der Waals surface area contributed by atoms with Gasteiger partial charge in [0.25, 0.3) is 0 Å². The molecule has 0 atom stereocenters. The van der Waals surface area contributed by atoms with Crippen molar-refractivity contribution in [3.05, 3.63) is 152 Å². The summed E-state index contributed by atoms with van der Waals surface area (Å²) in [5.41, 5.74) is 9.27. The Morgan fingerprint density at radius 1 is 0.467 bits per heavy atom. The molecular weight excluding hydrogens is 550 g/mol. The molecule has 0 saturated heterocycles. The number of fused-ring (bicyclic) bond motifs is 6. The van der Waals surface area contributed by atoms with E-state index in [2.05, 4.69) is 89.9 Å². The van der Waals surface area contributed by atoms with E-state index in [1.54, 1.807) is 6.20 Å². The standard InChI is InChI=1S/C41H25N3O/c1-2-11-26(12-3-1)41-43-38(40-39(44-41)35-18-8-9-19-37(35)45-40)31-22-29(28-14-10-20-42-25-28)21-30(23-31)36-24-27-13-4-5-15-32(27)33-16-6-7-17-34(33)36/h1-25H. The lowest BCUT2D eigenvalue weighted by Gasteiger charge is -2.15. The largest absolute Gasteiger partial charge is 0.452 e. The van der Waals surface area contributed by atoms with Crippen molar-refractivity contribution >= 4 is 43.6 Å². The molecular formula is C41H25N3O. The Labute approximate surface area is 259 Å². The molecule has 0 radical (unpaired) electrons. The average molecular weight is 576 g/mol. The number of rotatable bonds is 4. The smallest absolute Gasteiger partial charge is 0.180 e. The van der Waals surface area contributed by atoms with Crippen molar-refractivity contribution in [2.75, 3.05) is 0 Å². The van der Waals surface area contributed by atoms with Gasteiger partial charge in [0, 0.05) is 34.5 Å². The van der Waals surface area contributed by atoms with Crippen molar-refractivity contribution in [3.63, 3.8) is 0 Å². The molecule has 4 heteroatoms. The lowest BCUT2D eigenvalue weighted by atomic mass is 9.90.